The fourth-order valence-corrected chi connectivity index (χ4v) is 7.38. The van der Waals surface area contributed by atoms with Crippen LogP contribution >= 0.6 is 0 Å². The summed E-state index contributed by atoms with van der Waals surface area (Å²) < 4.78 is 7.28. The van der Waals surface area contributed by atoms with E-state index >= 15 is 0 Å². The van der Waals surface area contributed by atoms with E-state index in [1.807, 2.05) is 0 Å². The van der Waals surface area contributed by atoms with E-state index in [0.717, 1.165) is 42.5 Å². The fourth-order valence-electron chi connectivity index (χ4n) is 6.12. The van der Waals surface area contributed by atoms with E-state index in [4.69, 9.17) is 9.41 Å². The van der Waals surface area contributed by atoms with Crippen LogP contribution < -0.4 is 0 Å². The third kappa shape index (κ3) is 6.13. The lowest BCUT2D eigenvalue weighted by Crippen LogP contribution is -2.44. The standard InChI is InChI=1S/C35H53NO2Si/c1-22(2)24-16-18-26(19-17-24)33(37)31-29(25-14-12-13-15-25)30-27(36-32(31)23(3)4)20-35(8,9)21-28(30)38-39(10,11)34(5,6)7/h14,16-19,22-23,28,33,37H,12-13,15,20-21H2,1-11H3/t28-,33?/m1/s1. The third-order valence-corrected chi connectivity index (χ3v) is 13.9. The van der Waals surface area contributed by atoms with Gasteiger partial charge < -0.3 is 9.53 Å². The van der Waals surface area contributed by atoms with Crippen LogP contribution in [0.15, 0.2) is 30.3 Å². The Morgan fingerprint density at radius 1 is 1.00 bits per heavy atom. The van der Waals surface area contributed by atoms with Crippen molar-refractivity contribution in [2.45, 2.75) is 137 Å². The van der Waals surface area contributed by atoms with E-state index in [9.17, 15) is 5.11 Å². The van der Waals surface area contributed by atoms with Gasteiger partial charge in [-0.05, 0) is 89.8 Å². The number of aliphatic hydroxyl groups is 1. The molecule has 2 aliphatic rings. The van der Waals surface area contributed by atoms with E-state index in [1.165, 1.54) is 34.4 Å². The van der Waals surface area contributed by atoms with Crippen molar-refractivity contribution in [2.75, 3.05) is 0 Å². The molecular formula is C35H53NO2Si. The van der Waals surface area contributed by atoms with E-state index < -0.39 is 14.4 Å². The number of rotatable bonds is 7. The van der Waals surface area contributed by atoms with Crippen LogP contribution in [0, 0.1) is 5.41 Å². The number of nitrogens with zero attached hydrogens (tertiary/aromatic N) is 1. The topological polar surface area (TPSA) is 42.4 Å². The summed E-state index contributed by atoms with van der Waals surface area (Å²) in [6, 6.07) is 8.57. The normalized spacial score (nSPS) is 20.4. The molecule has 0 fully saturated rings. The molecule has 0 radical (unpaired) electrons. The highest BCUT2D eigenvalue weighted by Crippen LogP contribution is 2.52. The third-order valence-electron chi connectivity index (χ3n) is 9.43. The van der Waals surface area contributed by atoms with Crippen molar-refractivity contribution in [2.24, 2.45) is 5.41 Å². The van der Waals surface area contributed by atoms with Gasteiger partial charge in [0.15, 0.2) is 8.32 Å². The van der Waals surface area contributed by atoms with Crippen LogP contribution in [0.4, 0.5) is 0 Å². The maximum absolute atomic E-state index is 12.1. The van der Waals surface area contributed by atoms with Gasteiger partial charge in [-0.15, -0.1) is 0 Å². The maximum atomic E-state index is 12.1. The van der Waals surface area contributed by atoms with E-state index in [-0.39, 0.29) is 22.5 Å². The molecule has 0 saturated heterocycles. The van der Waals surface area contributed by atoms with Crippen LogP contribution in [0.1, 0.15) is 151 Å². The minimum atomic E-state index is -2.06. The molecule has 214 valence electrons. The van der Waals surface area contributed by atoms with Gasteiger partial charge in [-0.3, -0.25) is 4.98 Å². The molecule has 1 heterocycles. The number of aromatic nitrogens is 1. The molecule has 0 bridgehead atoms. The molecule has 39 heavy (non-hydrogen) atoms. The van der Waals surface area contributed by atoms with E-state index in [1.54, 1.807) is 0 Å². The summed E-state index contributed by atoms with van der Waals surface area (Å²) in [5, 5.41) is 12.3. The van der Waals surface area contributed by atoms with Gasteiger partial charge in [0.05, 0.1) is 6.10 Å². The Hall–Kier alpha value is -1.75. The quantitative estimate of drug-likeness (QED) is 0.351. The molecule has 0 spiro atoms. The molecule has 4 heteroatoms. The number of aliphatic hydroxyl groups excluding tert-OH is 1. The number of benzene rings is 1. The summed E-state index contributed by atoms with van der Waals surface area (Å²) >= 11 is 0. The maximum Gasteiger partial charge on any atom is 0.192 e. The Labute approximate surface area is 239 Å². The zero-order valence-corrected chi connectivity index (χ0v) is 27.5. The van der Waals surface area contributed by atoms with E-state index in [2.05, 4.69) is 106 Å². The summed E-state index contributed by atoms with van der Waals surface area (Å²) in [6.07, 6.45) is 6.93. The summed E-state index contributed by atoms with van der Waals surface area (Å²) in [7, 11) is -2.06. The average Bonchev–Trinajstić information content (AvgIpc) is 3.35. The lowest BCUT2D eigenvalue weighted by atomic mass is 9.71. The fraction of sp³-hybridized carbons (Fsp3) is 0.629. The van der Waals surface area contributed by atoms with Crippen molar-refractivity contribution in [3.63, 3.8) is 0 Å². The molecule has 0 amide bonds. The SMILES string of the molecule is CC(C)c1ccc(C(O)c2c(C(C)C)nc3c(c2C2=CCCC2)[C@H](O[Si](C)(C)C(C)(C)C)CC(C)(C)C3)cc1. The molecule has 1 N–H and O–H groups in total. The second-order valence-corrected chi connectivity index (χ2v) is 19.8. The largest absolute Gasteiger partial charge is 0.410 e. The average molecular weight is 548 g/mol. The zero-order valence-electron chi connectivity index (χ0n) is 26.5. The monoisotopic (exact) mass is 547 g/mol. The number of pyridine rings is 1. The van der Waals surface area contributed by atoms with Crippen LogP contribution in [0.5, 0.6) is 0 Å². The summed E-state index contributed by atoms with van der Waals surface area (Å²) in [5.74, 6) is 0.670. The van der Waals surface area contributed by atoms with Gasteiger partial charge >= 0.3 is 0 Å². The number of fused-ring (bicyclic) bond motifs is 1. The van der Waals surface area contributed by atoms with Gasteiger partial charge in [-0.25, -0.2) is 0 Å². The Bertz CT molecular complexity index is 1210. The van der Waals surface area contributed by atoms with Crippen molar-refractivity contribution >= 4 is 13.9 Å². The second-order valence-electron chi connectivity index (χ2n) is 15.1. The molecule has 3 nitrogen and oxygen atoms in total. The summed E-state index contributed by atoms with van der Waals surface area (Å²) in [6.45, 7) is 25.3. The number of hydrogen-bond acceptors (Lipinski definition) is 3. The molecule has 4 rings (SSSR count). The van der Waals surface area contributed by atoms with Crippen LogP contribution in [0.3, 0.4) is 0 Å². The highest BCUT2D eigenvalue weighted by molar-refractivity contribution is 6.74. The van der Waals surface area contributed by atoms with Gasteiger partial charge in [0.1, 0.15) is 6.10 Å². The number of hydrogen-bond donors (Lipinski definition) is 1. The highest BCUT2D eigenvalue weighted by atomic mass is 28.4. The first-order valence-electron chi connectivity index (χ1n) is 15.2. The first-order chi connectivity index (χ1) is 18.0. The Morgan fingerprint density at radius 2 is 1.62 bits per heavy atom. The predicted molar refractivity (Wildman–Crippen MR) is 168 cm³/mol. The minimum absolute atomic E-state index is 0.0101. The molecule has 1 aromatic heterocycles. The highest BCUT2D eigenvalue weighted by Gasteiger charge is 2.45. The molecule has 0 aliphatic heterocycles. The summed E-state index contributed by atoms with van der Waals surface area (Å²) in [5.41, 5.74) is 9.49. The minimum Gasteiger partial charge on any atom is -0.410 e. The Balaban J connectivity index is 1.99. The van der Waals surface area contributed by atoms with Crippen LogP contribution in [-0.4, -0.2) is 18.4 Å². The van der Waals surface area contributed by atoms with Crippen molar-refractivity contribution in [1.29, 1.82) is 0 Å². The van der Waals surface area contributed by atoms with E-state index in [0.29, 0.717) is 5.92 Å². The molecule has 2 aromatic rings. The van der Waals surface area contributed by atoms with Gasteiger partial charge in [0, 0.05) is 22.5 Å². The van der Waals surface area contributed by atoms with Gasteiger partial charge in [-0.2, -0.15) is 0 Å². The van der Waals surface area contributed by atoms with Crippen LogP contribution in [0.25, 0.3) is 5.57 Å². The second kappa shape index (κ2) is 10.9. The lowest BCUT2D eigenvalue weighted by Gasteiger charge is -2.45. The molecule has 0 saturated carbocycles. The van der Waals surface area contributed by atoms with Crippen molar-refractivity contribution in [1.82, 2.24) is 4.98 Å². The molecule has 2 atom stereocenters. The molecular weight excluding hydrogens is 494 g/mol. The van der Waals surface area contributed by atoms with Crippen molar-refractivity contribution in [3.8, 4) is 0 Å². The predicted octanol–water partition coefficient (Wildman–Crippen LogP) is 10.0. The lowest BCUT2D eigenvalue weighted by molar-refractivity contribution is 0.105. The zero-order chi connectivity index (χ0) is 28.9. The first kappa shape index (κ1) is 30.2. The summed E-state index contributed by atoms with van der Waals surface area (Å²) in [4.78, 5) is 5.42. The Morgan fingerprint density at radius 3 is 2.13 bits per heavy atom. The van der Waals surface area contributed by atoms with Crippen molar-refractivity contribution in [3.05, 3.63) is 69.5 Å². The molecule has 2 aliphatic carbocycles. The smallest absolute Gasteiger partial charge is 0.192 e. The van der Waals surface area contributed by atoms with Crippen molar-refractivity contribution < 1.29 is 9.53 Å². The van der Waals surface area contributed by atoms with Crippen LogP contribution in [-0.2, 0) is 10.8 Å². The van der Waals surface area contributed by atoms with Gasteiger partial charge in [0.2, 0.25) is 0 Å². The van der Waals surface area contributed by atoms with Crippen LogP contribution in [0.2, 0.25) is 18.1 Å². The molecule has 1 aromatic carbocycles. The van der Waals surface area contributed by atoms with Gasteiger partial charge in [0.25, 0.3) is 0 Å². The molecule has 1 unspecified atom stereocenters. The number of allylic oxidation sites excluding steroid dienone is 2. The first-order valence-corrected chi connectivity index (χ1v) is 18.1. The Kier molecular flexibility index (Phi) is 8.45. The van der Waals surface area contributed by atoms with Gasteiger partial charge in [-0.1, -0.05) is 92.7 Å².